The summed E-state index contributed by atoms with van der Waals surface area (Å²) >= 11 is 0. The monoisotopic (exact) mass is 260 g/mol. The van der Waals surface area contributed by atoms with Crippen LogP contribution in [-0.2, 0) is 22.2 Å². The molecule has 1 aromatic carbocycles. The van der Waals surface area contributed by atoms with E-state index >= 15 is 0 Å². The Labute approximate surface area is 117 Å². The van der Waals surface area contributed by atoms with Gasteiger partial charge in [-0.2, -0.15) is 0 Å². The Kier molecular flexibility index (Phi) is 3.81. The zero-order valence-electron chi connectivity index (χ0n) is 13.0. The molecule has 0 atom stereocenters. The van der Waals surface area contributed by atoms with Gasteiger partial charge in [-0.25, -0.2) is 0 Å². The van der Waals surface area contributed by atoms with E-state index in [1.165, 1.54) is 16.6 Å². The van der Waals surface area contributed by atoms with Crippen molar-refractivity contribution in [2.24, 2.45) is 0 Å². The third kappa shape index (κ3) is 2.46. The van der Waals surface area contributed by atoms with Gasteiger partial charge in [-0.3, -0.25) is 0 Å². The Morgan fingerprint density at radius 3 is 1.68 bits per heavy atom. The minimum absolute atomic E-state index is 0.240. The van der Waals surface area contributed by atoms with Crippen LogP contribution in [0.15, 0.2) is 18.2 Å². The van der Waals surface area contributed by atoms with Gasteiger partial charge in [0.25, 0.3) is 0 Å². The lowest BCUT2D eigenvalue weighted by atomic mass is 9.72. The Hall–Kier alpha value is -0.795. The van der Waals surface area contributed by atoms with E-state index in [4.69, 9.17) is 9.31 Å². The van der Waals surface area contributed by atoms with Crippen LogP contribution in [0.3, 0.4) is 0 Å². The second-order valence-electron chi connectivity index (χ2n) is 6.29. The maximum atomic E-state index is 6.21. The van der Waals surface area contributed by atoms with Crippen molar-refractivity contribution in [2.75, 3.05) is 0 Å². The number of rotatable bonds is 3. The molecule has 1 aromatic rings. The molecule has 0 aliphatic carbocycles. The zero-order chi connectivity index (χ0) is 14.3. The van der Waals surface area contributed by atoms with Crippen molar-refractivity contribution >= 4 is 12.6 Å². The smallest absolute Gasteiger partial charge is 0.399 e. The summed E-state index contributed by atoms with van der Waals surface area (Å²) in [6.07, 6.45) is 2.01. The van der Waals surface area contributed by atoms with Gasteiger partial charge >= 0.3 is 7.12 Å². The summed E-state index contributed by atoms with van der Waals surface area (Å²) in [5, 5.41) is 0. The molecule has 0 unspecified atom stereocenters. The lowest BCUT2D eigenvalue weighted by molar-refractivity contribution is 0.00578. The molecule has 0 bridgehead atoms. The first-order valence-electron chi connectivity index (χ1n) is 7.28. The standard InChI is InChI=1S/C16H25BO2/c1-7-12-10-9-11-13(8-2)14(12)17-18-15(3,4)16(5,6)19-17/h9-11H,7-8H2,1-6H3. The largest absolute Gasteiger partial charge is 0.495 e. The van der Waals surface area contributed by atoms with Gasteiger partial charge in [0, 0.05) is 0 Å². The van der Waals surface area contributed by atoms with E-state index in [-0.39, 0.29) is 18.3 Å². The van der Waals surface area contributed by atoms with Crippen LogP contribution in [0.1, 0.15) is 52.7 Å². The first kappa shape index (κ1) is 14.6. The summed E-state index contributed by atoms with van der Waals surface area (Å²) in [7, 11) is -0.240. The fourth-order valence-corrected chi connectivity index (χ4v) is 2.55. The number of benzene rings is 1. The van der Waals surface area contributed by atoms with Crippen molar-refractivity contribution < 1.29 is 9.31 Å². The second-order valence-corrected chi connectivity index (χ2v) is 6.29. The van der Waals surface area contributed by atoms with Crippen LogP contribution in [0.5, 0.6) is 0 Å². The third-order valence-corrected chi connectivity index (χ3v) is 4.54. The van der Waals surface area contributed by atoms with Crippen LogP contribution in [0.2, 0.25) is 0 Å². The highest BCUT2D eigenvalue weighted by atomic mass is 16.7. The molecule has 0 amide bonds. The van der Waals surface area contributed by atoms with Gasteiger partial charge in [0.05, 0.1) is 11.2 Å². The summed E-state index contributed by atoms with van der Waals surface area (Å²) in [6.45, 7) is 12.8. The number of aryl methyl sites for hydroxylation is 2. The molecule has 1 saturated heterocycles. The molecule has 104 valence electrons. The van der Waals surface area contributed by atoms with Crippen molar-refractivity contribution in [3.63, 3.8) is 0 Å². The molecule has 0 spiro atoms. The summed E-state index contributed by atoms with van der Waals surface area (Å²) in [5.74, 6) is 0. The van der Waals surface area contributed by atoms with Crippen molar-refractivity contribution in [3.8, 4) is 0 Å². The minimum atomic E-state index is -0.274. The summed E-state index contributed by atoms with van der Waals surface area (Å²) in [6, 6.07) is 6.49. The lowest BCUT2D eigenvalue weighted by Gasteiger charge is -2.32. The van der Waals surface area contributed by atoms with Gasteiger partial charge in [-0.15, -0.1) is 0 Å². The highest BCUT2D eigenvalue weighted by Gasteiger charge is 2.52. The SMILES string of the molecule is CCc1cccc(CC)c1B1OC(C)(C)C(C)(C)O1. The average molecular weight is 260 g/mol. The van der Waals surface area contributed by atoms with Crippen LogP contribution >= 0.6 is 0 Å². The van der Waals surface area contributed by atoms with Gasteiger partial charge in [0.15, 0.2) is 0 Å². The molecular weight excluding hydrogens is 235 g/mol. The van der Waals surface area contributed by atoms with Crippen molar-refractivity contribution in [1.29, 1.82) is 0 Å². The predicted molar refractivity (Wildman–Crippen MR) is 80.9 cm³/mol. The Bertz CT molecular complexity index is 428. The van der Waals surface area contributed by atoms with Crippen LogP contribution in [-0.4, -0.2) is 18.3 Å². The molecule has 2 rings (SSSR count). The van der Waals surface area contributed by atoms with Crippen LogP contribution in [0.4, 0.5) is 0 Å². The zero-order valence-corrected chi connectivity index (χ0v) is 13.0. The maximum absolute atomic E-state index is 6.21. The lowest BCUT2D eigenvalue weighted by Crippen LogP contribution is -2.41. The van der Waals surface area contributed by atoms with Gasteiger partial charge in [0.2, 0.25) is 0 Å². The first-order chi connectivity index (χ1) is 8.82. The fraction of sp³-hybridized carbons (Fsp3) is 0.625. The molecule has 0 radical (unpaired) electrons. The number of hydrogen-bond donors (Lipinski definition) is 0. The summed E-state index contributed by atoms with van der Waals surface area (Å²) in [4.78, 5) is 0. The molecule has 19 heavy (non-hydrogen) atoms. The third-order valence-electron chi connectivity index (χ3n) is 4.54. The molecule has 1 heterocycles. The molecule has 3 heteroatoms. The Balaban J connectivity index is 2.44. The van der Waals surface area contributed by atoms with E-state index in [0.717, 1.165) is 12.8 Å². The van der Waals surface area contributed by atoms with Crippen molar-refractivity contribution in [2.45, 2.75) is 65.6 Å². The van der Waals surface area contributed by atoms with E-state index < -0.39 is 0 Å². The molecule has 1 aliphatic heterocycles. The van der Waals surface area contributed by atoms with Crippen molar-refractivity contribution in [1.82, 2.24) is 0 Å². The summed E-state index contributed by atoms with van der Waals surface area (Å²) < 4.78 is 12.4. The molecule has 0 aromatic heterocycles. The van der Waals surface area contributed by atoms with Crippen LogP contribution in [0, 0.1) is 0 Å². The molecule has 1 fully saturated rings. The maximum Gasteiger partial charge on any atom is 0.495 e. The molecule has 0 saturated carbocycles. The summed E-state index contributed by atoms with van der Waals surface area (Å²) in [5.41, 5.74) is 3.36. The van der Waals surface area contributed by atoms with E-state index in [1.807, 2.05) is 0 Å². The quantitative estimate of drug-likeness (QED) is 0.777. The Morgan fingerprint density at radius 2 is 1.32 bits per heavy atom. The number of hydrogen-bond acceptors (Lipinski definition) is 2. The normalized spacial score (nSPS) is 20.8. The Morgan fingerprint density at radius 1 is 0.895 bits per heavy atom. The van der Waals surface area contributed by atoms with Gasteiger partial charge in [-0.1, -0.05) is 32.0 Å². The molecule has 0 N–H and O–H groups in total. The predicted octanol–water partition coefficient (Wildman–Crippen LogP) is 3.11. The second kappa shape index (κ2) is 4.95. The fourth-order valence-electron chi connectivity index (χ4n) is 2.55. The minimum Gasteiger partial charge on any atom is -0.399 e. The van der Waals surface area contributed by atoms with Crippen molar-refractivity contribution in [3.05, 3.63) is 29.3 Å². The molecule has 1 aliphatic rings. The van der Waals surface area contributed by atoms with E-state index in [0.29, 0.717) is 0 Å². The van der Waals surface area contributed by atoms with E-state index in [2.05, 4.69) is 59.7 Å². The van der Waals surface area contributed by atoms with Crippen LogP contribution < -0.4 is 5.46 Å². The highest BCUT2D eigenvalue weighted by molar-refractivity contribution is 6.63. The highest BCUT2D eigenvalue weighted by Crippen LogP contribution is 2.37. The van der Waals surface area contributed by atoms with Gasteiger partial charge in [0.1, 0.15) is 0 Å². The first-order valence-corrected chi connectivity index (χ1v) is 7.28. The van der Waals surface area contributed by atoms with Crippen LogP contribution in [0.25, 0.3) is 0 Å². The average Bonchev–Trinajstić information content (AvgIpc) is 2.57. The van der Waals surface area contributed by atoms with E-state index in [1.54, 1.807) is 0 Å². The molecule has 2 nitrogen and oxygen atoms in total. The molecular formula is C16H25BO2. The van der Waals surface area contributed by atoms with E-state index in [9.17, 15) is 0 Å². The van der Waals surface area contributed by atoms with Gasteiger partial charge in [-0.05, 0) is 57.1 Å². The van der Waals surface area contributed by atoms with Gasteiger partial charge < -0.3 is 9.31 Å². The topological polar surface area (TPSA) is 18.5 Å².